The summed E-state index contributed by atoms with van der Waals surface area (Å²) in [6, 6.07) is 1.99. The van der Waals surface area contributed by atoms with Crippen molar-refractivity contribution in [2.45, 2.75) is 32.2 Å². The summed E-state index contributed by atoms with van der Waals surface area (Å²) in [4.78, 5) is 34.7. The second-order valence-electron chi connectivity index (χ2n) is 4.34. The summed E-state index contributed by atoms with van der Waals surface area (Å²) < 4.78 is 1.27. The topological polar surface area (TPSA) is 88.4 Å². The van der Waals surface area contributed by atoms with Crippen molar-refractivity contribution >= 4 is 11.9 Å². The number of nitrogens with one attached hydrogen (secondary N) is 1. The number of carboxylic acid groups (broad SMARTS) is 1. The molecule has 1 aromatic heterocycles. The van der Waals surface area contributed by atoms with Crippen molar-refractivity contribution in [3.8, 4) is 0 Å². The van der Waals surface area contributed by atoms with E-state index >= 15 is 0 Å². The van der Waals surface area contributed by atoms with Crippen molar-refractivity contribution < 1.29 is 14.7 Å². The number of amides is 1. The van der Waals surface area contributed by atoms with Crippen LogP contribution in [0.1, 0.15) is 36.5 Å². The maximum Gasteiger partial charge on any atom is 0.326 e. The first kappa shape index (κ1) is 14.9. The number of carboxylic acids is 1. The summed E-state index contributed by atoms with van der Waals surface area (Å²) in [5.41, 5.74) is -0.493. The van der Waals surface area contributed by atoms with Gasteiger partial charge in [-0.3, -0.25) is 9.59 Å². The summed E-state index contributed by atoms with van der Waals surface area (Å²) in [6.07, 6.45) is 3.42. The van der Waals surface area contributed by atoms with Crippen LogP contribution < -0.4 is 10.9 Å². The van der Waals surface area contributed by atoms with Gasteiger partial charge in [0, 0.05) is 13.2 Å². The molecule has 0 aliphatic rings. The summed E-state index contributed by atoms with van der Waals surface area (Å²) in [5.74, 6) is -1.74. The van der Waals surface area contributed by atoms with Crippen LogP contribution in [0.4, 0.5) is 0 Å². The number of hydrogen-bond acceptors (Lipinski definition) is 3. The average Bonchev–Trinajstić information content (AvgIpc) is 2.37. The number of carbonyl (C=O) groups excluding carboxylic acids is 1. The molecule has 0 fully saturated rings. The lowest BCUT2D eigenvalue weighted by Gasteiger charge is -2.14. The molecule has 0 aliphatic heterocycles. The average molecular weight is 266 g/mol. The number of pyridine rings is 1. The Labute approximate surface area is 111 Å². The number of unbranched alkanes of at least 4 members (excludes halogenated alkanes) is 1. The molecule has 0 aromatic carbocycles. The molecule has 0 aliphatic carbocycles. The van der Waals surface area contributed by atoms with Crippen molar-refractivity contribution in [2.75, 3.05) is 0 Å². The van der Waals surface area contributed by atoms with Gasteiger partial charge in [-0.15, -0.1) is 0 Å². The third kappa shape index (κ3) is 3.94. The highest BCUT2D eigenvalue weighted by Crippen LogP contribution is 2.02. The van der Waals surface area contributed by atoms with Crippen LogP contribution in [0.15, 0.2) is 23.1 Å². The van der Waals surface area contributed by atoms with E-state index in [0.717, 1.165) is 6.42 Å². The zero-order valence-corrected chi connectivity index (χ0v) is 11.0. The highest BCUT2D eigenvalue weighted by molar-refractivity contribution is 5.96. The maximum atomic E-state index is 11.9. The Morgan fingerprint density at radius 2 is 2.16 bits per heavy atom. The van der Waals surface area contributed by atoms with Gasteiger partial charge in [-0.2, -0.15) is 0 Å². The van der Waals surface area contributed by atoms with Crippen LogP contribution in [0.3, 0.4) is 0 Å². The van der Waals surface area contributed by atoms with E-state index in [2.05, 4.69) is 5.32 Å². The monoisotopic (exact) mass is 266 g/mol. The normalized spacial score (nSPS) is 11.9. The molecule has 1 unspecified atom stereocenters. The molecule has 0 saturated carbocycles. The molecule has 19 heavy (non-hydrogen) atoms. The predicted octanol–water partition coefficient (Wildman–Crippen LogP) is 0.758. The smallest absolute Gasteiger partial charge is 0.326 e. The fraction of sp³-hybridized carbons (Fsp3) is 0.462. The first-order valence-electron chi connectivity index (χ1n) is 6.16. The van der Waals surface area contributed by atoms with Gasteiger partial charge < -0.3 is 15.0 Å². The van der Waals surface area contributed by atoms with Crippen LogP contribution in [0.25, 0.3) is 0 Å². The molecular formula is C13H18N2O4. The molecule has 1 amide bonds. The Morgan fingerprint density at radius 3 is 2.74 bits per heavy atom. The minimum absolute atomic E-state index is 0.0484. The van der Waals surface area contributed by atoms with Gasteiger partial charge in [-0.25, -0.2) is 4.79 Å². The van der Waals surface area contributed by atoms with Gasteiger partial charge in [0.25, 0.3) is 11.5 Å². The summed E-state index contributed by atoms with van der Waals surface area (Å²) in [5, 5.41) is 11.4. The van der Waals surface area contributed by atoms with E-state index in [1.165, 1.54) is 23.9 Å². The maximum absolute atomic E-state index is 11.9. The lowest BCUT2D eigenvalue weighted by molar-refractivity contribution is -0.139. The first-order chi connectivity index (χ1) is 8.97. The Morgan fingerprint density at radius 1 is 1.47 bits per heavy atom. The van der Waals surface area contributed by atoms with E-state index in [4.69, 9.17) is 5.11 Å². The number of rotatable bonds is 6. The number of carbonyl (C=O) groups is 2. The zero-order valence-electron chi connectivity index (χ0n) is 11.0. The van der Waals surface area contributed by atoms with Gasteiger partial charge in [-0.1, -0.05) is 19.8 Å². The summed E-state index contributed by atoms with van der Waals surface area (Å²) in [7, 11) is 1.53. The van der Waals surface area contributed by atoms with Crippen molar-refractivity contribution in [2.24, 2.45) is 7.05 Å². The third-order valence-electron chi connectivity index (χ3n) is 2.82. The molecule has 2 N–H and O–H groups in total. The zero-order chi connectivity index (χ0) is 14.4. The molecule has 1 rings (SSSR count). The molecule has 0 bridgehead atoms. The van der Waals surface area contributed by atoms with Gasteiger partial charge in [0.05, 0.1) is 0 Å². The molecule has 0 spiro atoms. The molecular weight excluding hydrogens is 248 g/mol. The Hall–Kier alpha value is -2.11. The summed E-state index contributed by atoms with van der Waals surface area (Å²) >= 11 is 0. The number of nitrogens with zero attached hydrogens (tertiary/aromatic N) is 1. The predicted molar refractivity (Wildman–Crippen MR) is 70.1 cm³/mol. The Kier molecular flexibility index (Phi) is 5.29. The number of aromatic nitrogens is 1. The van der Waals surface area contributed by atoms with E-state index in [0.29, 0.717) is 12.8 Å². The Balaban J connectivity index is 2.85. The van der Waals surface area contributed by atoms with E-state index < -0.39 is 23.5 Å². The lowest BCUT2D eigenvalue weighted by Crippen LogP contribution is -2.43. The fourth-order valence-corrected chi connectivity index (χ4v) is 1.67. The molecule has 6 nitrogen and oxygen atoms in total. The van der Waals surface area contributed by atoms with Gasteiger partial charge in [0.15, 0.2) is 0 Å². The van der Waals surface area contributed by atoms with E-state index in [-0.39, 0.29) is 5.56 Å². The highest BCUT2D eigenvalue weighted by atomic mass is 16.4. The van der Waals surface area contributed by atoms with Crippen LogP contribution in [-0.4, -0.2) is 27.6 Å². The van der Waals surface area contributed by atoms with Crippen LogP contribution in [0, 0.1) is 0 Å². The van der Waals surface area contributed by atoms with Gasteiger partial charge in [-0.05, 0) is 18.6 Å². The first-order valence-corrected chi connectivity index (χ1v) is 6.16. The number of aryl methyl sites for hydroxylation is 1. The van der Waals surface area contributed by atoms with Gasteiger partial charge in [0.1, 0.15) is 11.6 Å². The van der Waals surface area contributed by atoms with Gasteiger partial charge in [0.2, 0.25) is 0 Å². The highest BCUT2D eigenvalue weighted by Gasteiger charge is 2.21. The largest absolute Gasteiger partial charge is 0.480 e. The minimum Gasteiger partial charge on any atom is -0.480 e. The fourth-order valence-electron chi connectivity index (χ4n) is 1.67. The quantitative estimate of drug-likeness (QED) is 0.795. The molecule has 1 atom stereocenters. The second-order valence-corrected chi connectivity index (χ2v) is 4.34. The molecule has 1 heterocycles. The van der Waals surface area contributed by atoms with Crippen LogP contribution in [0.2, 0.25) is 0 Å². The minimum atomic E-state index is -1.09. The van der Waals surface area contributed by atoms with Crippen molar-refractivity contribution in [3.63, 3.8) is 0 Å². The molecule has 1 aromatic rings. The van der Waals surface area contributed by atoms with E-state index in [9.17, 15) is 14.4 Å². The third-order valence-corrected chi connectivity index (χ3v) is 2.82. The SMILES string of the molecule is CCCCC(NC(=O)c1cccn(C)c1=O)C(=O)O. The van der Waals surface area contributed by atoms with Crippen LogP contribution in [0.5, 0.6) is 0 Å². The number of hydrogen-bond donors (Lipinski definition) is 2. The van der Waals surface area contributed by atoms with E-state index in [1.54, 1.807) is 6.07 Å². The molecule has 0 radical (unpaired) electrons. The van der Waals surface area contributed by atoms with Crippen molar-refractivity contribution in [3.05, 3.63) is 34.2 Å². The van der Waals surface area contributed by atoms with Crippen molar-refractivity contribution in [1.82, 2.24) is 9.88 Å². The molecule has 6 heteroatoms. The Bertz CT molecular complexity index is 522. The van der Waals surface area contributed by atoms with Crippen molar-refractivity contribution in [1.29, 1.82) is 0 Å². The molecule has 0 saturated heterocycles. The summed E-state index contributed by atoms with van der Waals surface area (Å²) in [6.45, 7) is 1.94. The van der Waals surface area contributed by atoms with E-state index in [1.807, 2.05) is 6.92 Å². The van der Waals surface area contributed by atoms with Gasteiger partial charge >= 0.3 is 5.97 Å². The number of aliphatic carboxylic acids is 1. The standard InChI is InChI=1S/C13H18N2O4/c1-3-4-7-10(13(18)19)14-11(16)9-6-5-8-15(2)12(9)17/h5-6,8,10H,3-4,7H2,1-2H3,(H,14,16)(H,18,19). The lowest BCUT2D eigenvalue weighted by atomic mass is 10.1. The van der Waals surface area contributed by atoms with Crippen LogP contribution >= 0.6 is 0 Å². The second kappa shape index (κ2) is 6.72. The van der Waals surface area contributed by atoms with Crippen LogP contribution in [-0.2, 0) is 11.8 Å². The molecule has 104 valence electrons.